The second kappa shape index (κ2) is 7.83. The zero-order chi connectivity index (χ0) is 17.7. The summed E-state index contributed by atoms with van der Waals surface area (Å²) in [7, 11) is 4.27. The first kappa shape index (κ1) is 17.8. The zero-order valence-electron chi connectivity index (χ0n) is 13.3. The van der Waals surface area contributed by atoms with Crippen LogP contribution in [0, 0.1) is 0 Å². The first-order chi connectivity index (χ1) is 11.5. The molecule has 0 aliphatic rings. The Kier molecular flexibility index (Phi) is 5.81. The average Bonchev–Trinajstić information content (AvgIpc) is 2.61. The highest BCUT2D eigenvalue weighted by molar-refractivity contribution is 9.10. The second-order valence-electron chi connectivity index (χ2n) is 4.60. The van der Waals surface area contributed by atoms with Crippen molar-refractivity contribution in [1.82, 2.24) is 0 Å². The highest BCUT2D eigenvalue weighted by atomic mass is 79.9. The van der Waals surface area contributed by atoms with Gasteiger partial charge >= 0.3 is 11.9 Å². The molecule has 2 aromatic rings. The fraction of sp³-hybridized carbons (Fsp3) is 0.176. The molecule has 0 aliphatic heterocycles. The summed E-state index contributed by atoms with van der Waals surface area (Å²) in [6.07, 6.45) is 0. The van der Waals surface area contributed by atoms with Crippen molar-refractivity contribution < 1.29 is 28.5 Å². The fourth-order valence-electron chi connectivity index (χ4n) is 1.93. The maximum absolute atomic E-state index is 12.3. The van der Waals surface area contributed by atoms with Gasteiger partial charge in [0.15, 0.2) is 0 Å². The van der Waals surface area contributed by atoms with Crippen LogP contribution in [0.4, 0.5) is 0 Å². The summed E-state index contributed by atoms with van der Waals surface area (Å²) in [6.45, 7) is 0. The number of rotatable bonds is 5. The smallest absolute Gasteiger partial charge is 0.343 e. The van der Waals surface area contributed by atoms with Gasteiger partial charge in [0, 0.05) is 0 Å². The maximum atomic E-state index is 12.3. The molecule has 0 amide bonds. The highest BCUT2D eigenvalue weighted by Gasteiger charge is 2.16. The van der Waals surface area contributed by atoms with Crippen LogP contribution in [0.1, 0.15) is 20.7 Å². The van der Waals surface area contributed by atoms with Gasteiger partial charge in [-0.25, -0.2) is 9.59 Å². The Morgan fingerprint density at radius 1 is 0.833 bits per heavy atom. The van der Waals surface area contributed by atoms with Crippen LogP contribution >= 0.6 is 15.9 Å². The van der Waals surface area contributed by atoms with Gasteiger partial charge in [-0.3, -0.25) is 0 Å². The van der Waals surface area contributed by atoms with Gasteiger partial charge in [-0.2, -0.15) is 0 Å². The van der Waals surface area contributed by atoms with Crippen molar-refractivity contribution in [1.29, 1.82) is 0 Å². The number of carbonyl (C=O) groups excluding carboxylic acids is 2. The molecule has 7 heteroatoms. The highest BCUT2D eigenvalue weighted by Crippen LogP contribution is 2.35. The van der Waals surface area contributed by atoms with Gasteiger partial charge in [0.25, 0.3) is 0 Å². The summed E-state index contributed by atoms with van der Waals surface area (Å²) >= 11 is 3.33. The van der Waals surface area contributed by atoms with Gasteiger partial charge in [0.1, 0.15) is 21.7 Å². The van der Waals surface area contributed by atoms with Gasteiger partial charge in [0.05, 0.1) is 32.5 Å². The summed E-state index contributed by atoms with van der Waals surface area (Å²) in [5.41, 5.74) is 0.633. The van der Waals surface area contributed by atoms with E-state index in [4.69, 9.17) is 14.2 Å². The predicted molar refractivity (Wildman–Crippen MR) is 90.0 cm³/mol. The molecule has 0 unspecified atom stereocenters. The Hall–Kier alpha value is -2.54. The van der Waals surface area contributed by atoms with Gasteiger partial charge < -0.3 is 18.9 Å². The number of methoxy groups -OCH3 is 3. The van der Waals surface area contributed by atoms with Crippen LogP contribution in [0.5, 0.6) is 17.2 Å². The minimum atomic E-state index is -0.579. The molecule has 6 nitrogen and oxygen atoms in total. The molecule has 0 saturated heterocycles. The van der Waals surface area contributed by atoms with Crippen LogP contribution in [0.25, 0.3) is 0 Å². The maximum Gasteiger partial charge on any atom is 0.343 e. The molecule has 0 atom stereocenters. The lowest BCUT2D eigenvalue weighted by Gasteiger charge is -2.11. The van der Waals surface area contributed by atoms with Crippen LogP contribution in [0.2, 0.25) is 0 Å². The largest absolute Gasteiger partial charge is 0.495 e. The van der Waals surface area contributed by atoms with Crippen molar-refractivity contribution in [2.45, 2.75) is 0 Å². The number of hydrogen-bond donors (Lipinski definition) is 0. The lowest BCUT2D eigenvalue weighted by Crippen LogP contribution is -2.09. The molecule has 0 radical (unpaired) electrons. The van der Waals surface area contributed by atoms with Crippen LogP contribution < -0.4 is 14.2 Å². The van der Waals surface area contributed by atoms with Gasteiger partial charge in [-0.1, -0.05) is 0 Å². The van der Waals surface area contributed by atoms with E-state index in [0.717, 1.165) is 0 Å². The van der Waals surface area contributed by atoms with Crippen LogP contribution in [-0.4, -0.2) is 33.3 Å². The molecule has 0 N–H and O–H groups in total. The van der Waals surface area contributed by atoms with Crippen molar-refractivity contribution in [3.8, 4) is 17.2 Å². The Balaban J connectivity index is 2.22. The first-order valence-corrected chi connectivity index (χ1v) is 7.61. The molecule has 126 valence electrons. The molecule has 0 spiro atoms. The van der Waals surface area contributed by atoms with E-state index in [-0.39, 0.29) is 5.56 Å². The van der Waals surface area contributed by atoms with Crippen molar-refractivity contribution in [3.05, 3.63) is 52.0 Å². The van der Waals surface area contributed by atoms with Crippen molar-refractivity contribution in [2.75, 3.05) is 21.3 Å². The molecule has 0 heterocycles. The van der Waals surface area contributed by atoms with Crippen LogP contribution in [0.15, 0.2) is 40.9 Å². The number of carbonyl (C=O) groups is 2. The third kappa shape index (κ3) is 3.86. The fourth-order valence-corrected chi connectivity index (χ4v) is 2.48. The van der Waals surface area contributed by atoms with Gasteiger partial charge in [0.2, 0.25) is 0 Å². The molecule has 24 heavy (non-hydrogen) atoms. The van der Waals surface area contributed by atoms with Crippen LogP contribution in [0.3, 0.4) is 0 Å². The monoisotopic (exact) mass is 394 g/mol. The SMILES string of the molecule is COC(=O)c1ccc(OC(=O)c2cc(OC)c(Br)c(OC)c2)cc1. The molecule has 0 saturated carbocycles. The number of hydrogen-bond acceptors (Lipinski definition) is 6. The molecule has 0 aromatic heterocycles. The topological polar surface area (TPSA) is 71.1 Å². The predicted octanol–water partition coefficient (Wildman–Crippen LogP) is 3.47. The number of ether oxygens (including phenoxy) is 4. The molecule has 2 aromatic carbocycles. The van der Waals surface area contributed by atoms with E-state index in [2.05, 4.69) is 20.7 Å². The molecular weight excluding hydrogens is 380 g/mol. The van der Waals surface area contributed by atoms with Crippen molar-refractivity contribution in [3.63, 3.8) is 0 Å². The molecule has 0 aliphatic carbocycles. The molecular formula is C17H15BrO6. The van der Waals surface area contributed by atoms with E-state index >= 15 is 0 Å². The first-order valence-electron chi connectivity index (χ1n) is 6.82. The lowest BCUT2D eigenvalue weighted by molar-refractivity contribution is 0.0600. The van der Waals surface area contributed by atoms with E-state index < -0.39 is 11.9 Å². The quantitative estimate of drug-likeness (QED) is 0.571. The molecule has 0 bridgehead atoms. The van der Waals surface area contributed by atoms with E-state index in [1.165, 1.54) is 57.7 Å². The summed E-state index contributed by atoms with van der Waals surface area (Å²) < 4.78 is 20.9. The average molecular weight is 395 g/mol. The van der Waals surface area contributed by atoms with Gasteiger partial charge in [-0.05, 0) is 52.3 Å². The number of benzene rings is 2. The number of esters is 2. The van der Waals surface area contributed by atoms with Crippen LogP contribution in [-0.2, 0) is 4.74 Å². The van der Waals surface area contributed by atoms with E-state index in [9.17, 15) is 9.59 Å². The Bertz CT molecular complexity index is 729. The minimum Gasteiger partial charge on any atom is -0.495 e. The van der Waals surface area contributed by atoms with E-state index in [1.807, 2.05) is 0 Å². The Morgan fingerprint density at radius 2 is 1.38 bits per heavy atom. The van der Waals surface area contributed by atoms with Crippen molar-refractivity contribution in [2.24, 2.45) is 0 Å². The third-order valence-electron chi connectivity index (χ3n) is 3.17. The summed E-state index contributed by atoms with van der Waals surface area (Å²) in [4.78, 5) is 23.7. The van der Waals surface area contributed by atoms with E-state index in [1.54, 1.807) is 0 Å². The summed E-state index contributed by atoms with van der Waals surface area (Å²) in [5.74, 6) is 0.151. The third-order valence-corrected chi connectivity index (χ3v) is 3.95. The lowest BCUT2D eigenvalue weighted by atomic mass is 10.2. The standard InChI is InChI=1S/C17H15BrO6/c1-21-13-8-11(9-14(22-2)15(13)18)17(20)24-12-6-4-10(5-7-12)16(19)23-3/h4-9H,1-3H3. The summed E-state index contributed by atoms with van der Waals surface area (Å²) in [6, 6.07) is 9.12. The summed E-state index contributed by atoms with van der Waals surface area (Å²) in [5, 5.41) is 0. The normalized spacial score (nSPS) is 10.0. The zero-order valence-corrected chi connectivity index (χ0v) is 14.9. The molecule has 0 fully saturated rings. The second-order valence-corrected chi connectivity index (χ2v) is 5.39. The molecule has 2 rings (SSSR count). The Labute approximate surface area is 147 Å². The Morgan fingerprint density at radius 3 is 1.83 bits per heavy atom. The van der Waals surface area contributed by atoms with E-state index in [0.29, 0.717) is 27.3 Å². The minimum absolute atomic E-state index is 0.268. The van der Waals surface area contributed by atoms with Gasteiger partial charge in [-0.15, -0.1) is 0 Å². The van der Waals surface area contributed by atoms with Crippen molar-refractivity contribution >= 4 is 27.9 Å². The number of halogens is 1.